The molecule has 0 atom stereocenters. The van der Waals surface area contributed by atoms with Gasteiger partial charge in [0.1, 0.15) is 5.76 Å². The van der Waals surface area contributed by atoms with Crippen molar-refractivity contribution in [3.05, 3.63) is 90.5 Å². The molecular formula is C26H26N4O4. The summed E-state index contributed by atoms with van der Waals surface area (Å²) in [6.45, 7) is 2.06. The van der Waals surface area contributed by atoms with Crippen molar-refractivity contribution in [3.63, 3.8) is 0 Å². The Labute approximate surface area is 197 Å². The lowest BCUT2D eigenvalue weighted by Gasteiger charge is -2.22. The van der Waals surface area contributed by atoms with Crippen molar-refractivity contribution in [1.29, 1.82) is 0 Å². The second-order valence-electron chi connectivity index (χ2n) is 8.15. The predicted molar refractivity (Wildman–Crippen MR) is 125 cm³/mol. The fraction of sp³-hybridized carbons (Fsp3) is 0.269. The highest BCUT2D eigenvalue weighted by atomic mass is 16.5. The first-order valence-electron chi connectivity index (χ1n) is 11.4. The summed E-state index contributed by atoms with van der Waals surface area (Å²) in [5.74, 6) is 2.61. The van der Waals surface area contributed by atoms with E-state index in [2.05, 4.69) is 9.97 Å². The molecule has 0 radical (unpaired) electrons. The van der Waals surface area contributed by atoms with Gasteiger partial charge in [-0.15, -0.1) is 0 Å². The molecule has 4 heterocycles. The summed E-state index contributed by atoms with van der Waals surface area (Å²) < 4.78 is 19.9. The molecule has 1 aliphatic heterocycles. The van der Waals surface area contributed by atoms with Crippen molar-refractivity contribution in [3.8, 4) is 17.4 Å². The van der Waals surface area contributed by atoms with Crippen LogP contribution in [0.5, 0.6) is 17.4 Å². The van der Waals surface area contributed by atoms with Crippen LogP contribution in [-0.2, 0) is 13.1 Å². The van der Waals surface area contributed by atoms with Gasteiger partial charge < -0.3 is 23.4 Å². The highest BCUT2D eigenvalue weighted by molar-refractivity contribution is 5.91. The third-order valence-electron chi connectivity index (χ3n) is 5.65. The Kier molecular flexibility index (Phi) is 6.56. The van der Waals surface area contributed by atoms with Crippen molar-refractivity contribution < 1.29 is 18.7 Å². The van der Waals surface area contributed by atoms with Crippen LogP contribution in [0.2, 0.25) is 0 Å². The van der Waals surface area contributed by atoms with Crippen LogP contribution in [-0.4, -0.2) is 38.5 Å². The maximum Gasteiger partial charge on any atom is 0.289 e. The molecule has 0 aliphatic carbocycles. The van der Waals surface area contributed by atoms with Gasteiger partial charge >= 0.3 is 0 Å². The van der Waals surface area contributed by atoms with Gasteiger partial charge in [-0.25, -0.2) is 9.97 Å². The van der Waals surface area contributed by atoms with Crippen LogP contribution in [0.25, 0.3) is 0 Å². The molecule has 0 unspecified atom stereocenters. The summed E-state index contributed by atoms with van der Waals surface area (Å²) in [6.07, 6.45) is 9.65. The topological polar surface area (TPSA) is 82.6 Å². The van der Waals surface area contributed by atoms with Crippen LogP contribution in [0.1, 0.15) is 41.1 Å². The molecule has 0 saturated heterocycles. The second kappa shape index (κ2) is 10.2. The molecule has 1 amide bonds. The van der Waals surface area contributed by atoms with Crippen LogP contribution < -0.4 is 9.47 Å². The molecule has 0 saturated carbocycles. The van der Waals surface area contributed by atoms with Crippen molar-refractivity contribution in [2.75, 3.05) is 13.2 Å². The number of aromatic nitrogens is 3. The van der Waals surface area contributed by atoms with Crippen LogP contribution in [0.3, 0.4) is 0 Å². The van der Waals surface area contributed by atoms with Gasteiger partial charge in [0.2, 0.25) is 5.88 Å². The minimum absolute atomic E-state index is 0.154. The van der Waals surface area contributed by atoms with Crippen molar-refractivity contribution in [1.82, 2.24) is 19.4 Å². The molecule has 0 bridgehead atoms. The number of rotatable bonds is 3. The van der Waals surface area contributed by atoms with Gasteiger partial charge in [0, 0.05) is 30.7 Å². The number of para-hydroxylation sites is 2. The molecule has 34 heavy (non-hydrogen) atoms. The lowest BCUT2D eigenvalue weighted by atomic mass is 10.2. The Morgan fingerprint density at radius 3 is 2.76 bits per heavy atom. The smallest absolute Gasteiger partial charge is 0.289 e. The highest BCUT2D eigenvalue weighted by Gasteiger charge is 2.22. The van der Waals surface area contributed by atoms with E-state index in [-0.39, 0.29) is 5.91 Å². The summed E-state index contributed by atoms with van der Waals surface area (Å²) >= 11 is 0. The number of carbonyl (C=O) groups is 1. The number of hydrogen-bond donors (Lipinski definition) is 0. The Morgan fingerprint density at radius 2 is 1.88 bits per heavy atom. The van der Waals surface area contributed by atoms with E-state index in [9.17, 15) is 4.79 Å². The second-order valence-corrected chi connectivity index (χ2v) is 8.15. The largest absolute Gasteiger partial charge is 0.490 e. The highest BCUT2D eigenvalue weighted by Crippen LogP contribution is 2.33. The van der Waals surface area contributed by atoms with E-state index in [0.29, 0.717) is 55.1 Å². The van der Waals surface area contributed by atoms with E-state index in [0.717, 1.165) is 24.8 Å². The van der Waals surface area contributed by atoms with E-state index < -0.39 is 0 Å². The van der Waals surface area contributed by atoms with Crippen LogP contribution in [0.4, 0.5) is 0 Å². The van der Waals surface area contributed by atoms with Crippen LogP contribution in [0, 0.1) is 0 Å². The monoisotopic (exact) mass is 458 g/mol. The van der Waals surface area contributed by atoms with Crippen LogP contribution in [0.15, 0.2) is 77.9 Å². The first-order valence-corrected chi connectivity index (χ1v) is 11.4. The van der Waals surface area contributed by atoms with E-state index in [1.165, 1.54) is 0 Å². The third-order valence-corrected chi connectivity index (χ3v) is 5.65. The number of pyridine rings is 1. The van der Waals surface area contributed by atoms with E-state index in [1.807, 2.05) is 53.2 Å². The summed E-state index contributed by atoms with van der Waals surface area (Å²) in [6, 6.07) is 14.9. The number of ether oxygens (including phenoxy) is 2. The number of fused-ring (bicyclic) bond motifs is 2. The predicted octanol–water partition coefficient (Wildman–Crippen LogP) is 4.92. The van der Waals surface area contributed by atoms with Gasteiger partial charge in [-0.1, -0.05) is 18.2 Å². The Morgan fingerprint density at radius 1 is 0.971 bits per heavy atom. The van der Waals surface area contributed by atoms with E-state index in [1.54, 1.807) is 29.7 Å². The lowest BCUT2D eigenvalue weighted by Crippen LogP contribution is -2.31. The molecule has 4 aromatic rings. The quantitative estimate of drug-likeness (QED) is 0.434. The molecule has 174 valence electrons. The summed E-state index contributed by atoms with van der Waals surface area (Å²) in [5.41, 5.74) is 0.815. The SMILES string of the molecule is O=C(c1ccc(Cn2ccnc2)o1)N1CCCCCOc2ccccc2Oc2ncccc2C1. The normalized spacial score (nSPS) is 14.4. The average molecular weight is 459 g/mol. The Hall–Kier alpha value is -4.07. The van der Waals surface area contributed by atoms with Crippen molar-refractivity contribution >= 4 is 5.91 Å². The van der Waals surface area contributed by atoms with Gasteiger partial charge in [-0.2, -0.15) is 0 Å². The third kappa shape index (κ3) is 5.11. The molecule has 0 fully saturated rings. The van der Waals surface area contributed by atoms with Gasteiger partial charge in [-0.3, -0.25) is 4.79 Å². The Bertz CT molecular complexity index is 1240. The standard InChI is InChI=1S/C26H26N4O4/c31-26(24-11-10-21(33-24)18-29-15-13-27-19-29)30-14-4-1-5-16-32-22-8-2-3-9-23(22)34-25-20(17-30)7-6-12-28-25/h2-3,6-13,15,19H,1,4-5,14,16-18H2. The zero-order chi connectivity index (χ0) is 23.2. The zero-order valence-electron chi connectivity index (χ0n) is 18.8. The molecule has 0 spiro atoms. The maximum atomic E-state index is 13.4. The molecule has 1 aromatic carbocycles. The number of furan rings is 1. The minimum atomic E-state index is -0.154. The Balaban J connectivity index is 1.40. The molecule has 0 N–H and O–H groups in total. The molecule has 3 aromatic heterocycles. The zero-order valence-corrected chi connectivity index (χ0v) is 18.8. The number of nitrogens with zero attached hydrogens (tertiary/aromatic N) is 4. The molecule has 8 nitrogen and oxygen atoms in total. The number of imidazole rings is 1. The van der Waals surface area contributed by atoms with E-state index >= 15 is 0 Å². The summed E-state index contributed by atoms with van der Waals surface area (Å²) in [5, 5.41) is 0. The lowest BCUT2D eigenvalue weighted by molar-refractivity contribution is 0.0704. The fourth-order valence-corrected chi connectivity index (χ4v) is 3.91. The van der Waals surface area contributed by atoms with Crippen molar-refractivity contribution in [2.45, 2.75) is 32.4 Å². The van der Waals surface area contributed by atoms with Crippen molar-refractivity contribution in [2.24, 2.45) is 0 Å². The maximum absolute atomic E-state index is 13.4. The summed E-state index contributed by atoms with van der Waals surface area (Å²) in [7, 11) is 0. The number of amides is 1. The number of carbonyl (C=O) groups excluding carboxylic acids is 1. The van der Waals surface area contributed by atoms with E-state index in [4.69, 9.17) is 13.9 Å². The fourth-order valence-electron chi connectivity index (χ4n) is 3.91. The number of hydrogen-bond acceptors (Lipinski definition) is 6. The van der Waals surface area contributed by atoms with Crippen LogP contribution >= 0.6 is 0 Å². The average Bonchev–Trinajstić information content (AvgIpc) is 3.54. The van der Waals surface area contributed by atoms with Gasteiger partial charge in [-0.05, 0) is 49.6 Å². The first-order chi connectivity index (χ1) is 16.8. The molecule has 8 heteroatoms. The molecule has 5 rings (SSSR count). The first kappa shape index (κ1) is 21.8. The summed E-state index contributed by atoms with van der Waals surface area (Å²) in [4.78, 5) is 23.7. The molecule has 1 aliphatic rings. The van der Waals surface area contributed by atoms with Gasteiger partial charge in [0.15, 0.2) is 17.3 Å². The van der Waals surface area contributed by atoms with Gasteiger partial charge in [0.05, 0.1) is 26.0 Å². The number of benzene rings is 1. The minimum Gasteiger partial charge on any atom is -0.490 e. The van der Waals surface area contributed by atoms with Gasteiger partial charge in [0.25, 0.3) is 5.91 Å². The molecular weight excluding hydrogens is 432 g/mol.